The summed E-state index contributed by atoms with van der Waals surface area (Å²) in [6, 6.07) is 0.600. The smallest absolute Gasteiger partial charge is 0.322 e. The highest BCUT2D eigenvalue weighted by atomic mass is 16.5. The van der Waals surface area contributed by atoms with E-state index < -0.39 is 0 Å². The van der Waals surface area contributed by atoms with Gasteiger partial charge in [0.1, 0.15) is 12.9 Å². The molecule has 0 unspecified atom stereocenters. The minimum absolute atomic E-state index is 0.274. The molecule has 0 fully saturated rings. The van der Waals surface area contributed by atoms with E-state index in [1.807, 2.05) is 0 Å². The summed E-state index contributed by atoms with van der Waals surface area (Å²) in [6.07, 6.45) is 13.2. The average molecular weight is 293 g/mol. The monoisotopic (exact) mass is 293 g/mol. The van der Waals surface area contributed by atoms with Gasteiger partial charge in [0, 0.05) is 0 Å². The summed E-state index contributed by atoms with van der Waals surface area (Å²) in [6.45, 7) is 6.83. The number of ether oxygens (including phenoxy) is 2. The van der Waals surface area contributed by atoms with Crippen molar-refractivity contribution < 1.29 is 9.47 Å². The number of hydrogen-bond donors (Lipinski definition) is 0. The summed E-state index contributed by atoms with van der Waals surface area (Å²) in [5, 5.41) is 0. The first kappa shape index (κ1) is 17.4. The van der Waals surface area contributed by atoms with Crippen molar-refractivity contribution >= 4 is 0 Å². The molecule has 5 nitrogen and oxygen atoms in total. The summed E-state index contributed by atoms with van der Waals surface area (Å²) in [5.74, 6) is 0. The van der Waals surface area contributed by atoms with Gasteiger partial charge in [-0.05, 0) is 6.42 Å². The van der Waals surface area contributed by atoms with Crippen LogP contribution in [0, 0.1) is 0 Å². The zero-order chi connectivity index (χ0) is 15.2. The second-order valence-electron chi connectivity index (χ2n) is 4.97. The Balaban J connectivity index is 2.05. The van der Waals surface area contributed by atoms with Gasteiger partial charge >= 0.3 is 12.0 Å². The highest BCUT2D eigenvalue weighted by Crippen LogP contribution is 2.10. The molecule has 0 saturated heterocycles. The SMILES string of the molecule is C=CCOc1ncnc(OCCCCCCCCCC)n1. The van der Waals surface area contributed by atoms with Gasteiger partial charge in [-0.3, -0.25) is 0 Å². The highest BCUT2D eigenvalue weighted by molar-refractivity contribution is 4.99. The Labute approximate surface area is 127 Å². The van der Waals surface area contributed by atoms with Crippen molar-refractivity contribution in [3.05, 3.63) is 19.0 Å². The lowest BCUT2D eigenvalue weighted by molar-refractivity contribution is 0.266. The minimum Gasteiger partial charge on any atom is -0.463 e. The predicted molar refractivity (Wildman–Crippen MR) is 83.6 cm³/mol. The maximum absolute atomic E-state index is 5.50. The first-order valence-electron chi connectivity index (χ1n) is 7.92. The molecule has 21 heavy (non-hydrogen) atoms. The molecule has 5 heteroatoms. The van der Waals surface area contributed by atoms with E-state index in [0.29, 0.717) is 19.2 Å². The van der Waals surface area contributed by atoms with Crippen LogP contribution in [0.5, 0.6) is 12.0 Å². The van der Waals surface area contributed by atoms with Gasteiger partial charge in [-0.1, -0.05) is 64.5 Å². The van der Waals surface area contributed by atoms with Crippen LogP contribution < -0.4 is 9.47 Å². The van der Waals surface area contributed by atoms with Crippen molar-refractivity contribution in [2.45, 2.75) is 58.3 Å². The fourth-order valence-electron chi connectivity index (χ4n) is 1.94. The lowest BCUT2D eigenvalue weighted by atomic mass is 10.1. The van der Waals surface area contributed by atoms with E-state index in [4.69, 9.17) is 9.47 Å². The lowest BCUT2D eigenvalue weighted by Crippen LogP contribution is -2.04. The Hall–Kier alpha value is -1.65. The fraction of sp³-hybridized carbons (Fsp3) is 0.688. The van der Waals surface area contributed by atoms with Gasteiger partial charge in [-0.2, -0.15) is 9.97 Å². The zero-order valence-electron chi connectivity index (χ0n) is 13.1. The van der Waals surface area contributed by atoms with Crippen molar-refractivity contribution in [3.63, 3.8) is 0 Å². The molecule has 0 aliphatic carbocycles. The Kier molecular flexibility index (Phi) is 10.0. The number of rotatable bonds is 13. The maximum Gasteiger partial charge on any atom is 0.322 e. The molecule has 0 radical (unpaired) electrons. The molecule has 0 saturated carbocycles. The van der Waals surface area contributed by atoms with Crippen LogP contribution in [0.15, 0.2) is 19.0 Å². The molecule has 0 bridgehead atoms. The van der Waals surface area contributed by atoms with Gasteiger partial charge in [-0.15, -0.1) is 4.98 Å². The van der Waals surface area contributed by atoms with E-state index in [1.54, 1.807) is 6.08 Å². The zero-order valence-corrected chi connectivity index (χ0v) is 13.1. The molecule has 1 rings (SSSR count). The molecule has 1 aromatic heterocycles. The molecule has 0 atom stereocenters. The first-order valence-corrected chi connectivity index (χ1v) is 7.92. The third kappa shape index (κ3) is 9.00. The van der Waals surface area contributed by atoms with Crippen molar-refractivity contribution in [3.8, 4) is 12.0 Å². The maximum atomic E-state index is 5.50. The topological polar surface area (TPSA) is 57.1 Å². The Morgan fingerprint density at radius 1 is 0.952 bits per heavy atom. The second kappa shape index (κ2) is 12.1. The van der Waals surface area contributed by atoms with Crippen LogP contribution in [0.4, 0.5) is 0 Å². The van der Waals surface area contributed by atoms with E-state index in [9.17, 15) is 0 Å². The molecule has 0 aromatic carbocycles. The summed E-state index contributed by atoms with van der Waals surface area (Å²) in [7, 11) is 0. The van der Waals surface area contributed by atoms with Gasteiger partial charge in [-0.25, -0.2) is 0 Å². The normalized spacial score (nSPS) is 10.3. The Bertz CT molecular complexity index is 386. The van der Waals surface area contributed by atoms with Crippen molar-refractivity contribution in [2.75, 3.05) is 13.2 Å². The number of hydrogen-bond acceptors (Lipinski definition) is 5. The van der Waals surface area contributed by atoms with E-state index in [-0.39, 0.29) is 6.01 Å². The van der Waals surface area contributed by atoms with E-state index in [1.165, 1.54) is 51.3 Å². The molecule has 0 aliphatic rings. The molecule has 0 N–H and O–H groups in total. The lowest BCUT2D eigenvalue weighted by Gasteiger charge is -2.05. The van der Waals surface area contributed by atoms with Crippen LogP contribution in [0.2, 0.25) is 0 Å². The van der Waals surface area contributed by atoms with Gasteiger partial charge < -0.3 is 9.47 Å². The minimum atomic E-state index is 0.274. The van der Waals surface area contributed by atoms with Crippen LogP contribution >= 0.6 is 0 Å². The standard InChI is InChI=1S/C16H27N3O2/c1-3-5-6-7-8-9-10-11-13-21-16-18-14-17-15(19-16)20-12-4-2/h4,14H,2-3,5-13H2,1H3. The largest absolute Gasteiger partial charge is 0.463 e. The Morgan fingerprint density at radius 3 is 2.24 bits per heavy atom. The Morgan fingerprint density at radius 2 is 1.57 bits per heavy atom. The molecule has 0 aliphatic heterocycles. The quantitative estimate of drug-likeness (QED) is 0.407. The first-order chi connectivity index (χ1) is 10.4. The van der Waals surface area contributed by atoms with Crippen LogP contribution in [0.1, 0.15) is 58.3 Å². The molecular formula is C16H27N3O2. The summed E-state index contributed by atoms with van der Waals surface area (Å²) < 4.78 is 10.7. The number of aromatic nitrogens is 3. The van der Waals surface area contributed by atoms with Gasteiger partial charge in [0.15, 0.2) is 0 Å². The van der Waals surface area contributed by atoms with Gasteiger partial charge in [0.2, 0.25) is 0 Å². The molecule has 0 spiro atoms. The summed E-state index contributed by atoms with van der Waals surface area (Å²) in [5.41, 5.74) is 0. The number of nitrogens with zero attached hydrogens (tertiary/aromatic N) is 3. The van der Waals surface area contributed by atoms with Crippen LogP contribution in [0.25, 0.3) is 0 Å². The third-order valence-corrected chi connectivity index (χ3v) is 3.09. The highest BCUT2D eigenvalue weighted by Gasteiger charge is 2.02. The van der Waals surface area contributed by atoms with Crippen LogP contribution in [0.3, 0.4) is 0 Å². The molecular weight excluding hydrogens is 266 g/mol. The molecule has 118 valence electrons. The van der Waals surface area contributed by atoms with Gasteiger partial charge in [0.05, 0.1) is 6.61 Å². The summed E-state index contributed by atoms with van der Waals surface area (Å²) >= 11 is 0. The molecule has 1 heterocycles. The molecule has 1 aromatic rings. The predicted octanol–water partition coefficient (Wildman–Crippen LogP) is 3.96. The van der Waals surface area contributed by atoms with Crippen molar-refractivity contribution in [2.24, 2.45) is 0 Å². The van der Waals surface area contributed by atoms with Crippen molar-refractivity contribution in [1.29, 1.82) is 0 Å². The van der Waals surface area contributed by atoms with Crippen LogP contribution in [-0.4, -0.2) is 28.2 Å². The number of unbranched alkanes of at least 4 members (excludes halogenated alkanes) is 7. The van der Waals surface area contributed by atoms with Crippen molar-refractivity contribution in [1.82, 2.24) is 15.0 Å². The van der Waals surface area contributed by atoms with Crippen LogP contribution in [-0.2, 0) is 0 Å². The third-order valence-electron chi connectivity index (χ3n) is 3.09. The second-order valence-corrected chi connectivity index (χ2v) is 4.97. The fourth-order valence-corrected chi connectivity index (χ4v) is 1.94. The molecule has 0 amide bonds. The summed E-state index contributed by atoms with van der Waals surface area (Å²) in [4.78, 5) is 11.9. The van der Waals surface area contributed by atoms with E-state index in [2.05, 4.69) is 28.5 Å². The average Bonchev–Trinajstić information content (AvgIpc) is 2.52. The van der Waals surface area contributed by atoms with E-state index in [0.717, 1.165) is 6.42 Å². The van der Waals surface area contributed by atoms with Gasteiger partial charge in [0.25, 0.3) is 0 Å². The van der Waals surface area contributed by atoms with E-state index >= 15 is 0 Å².